The predicted octanol–water partition coefficient (Wildman–Crippen LogP) is 3.91. The normalized spacial score (nSPS) is 12.8. The monoisotopic (exact) mass is 289 g/mol. The first-order chi connectivity index (χ1) is 9.69. The molecule has 0 aliphatic heterocycles. The Kier molecular flexibility index (Phi) is 5.77. The summed E-state index contributed by atoms with van der Waals surface area (Å²) in [5, 5.41) is 12.8. The third-order valence-electron chi connectivity index (χ3n) is 3.26. The molecule has 0 saturated heterocycles. The summed E-state index contributed by atoms with van der Waals surface area (Å²) in [7, 11) is 0. The molecule has 0 spiro atoms. The van der Waals surface area contributed by atoms with E-state index in [1.807, 2.05) is 17.4 Å². The van der Waals surface area contributed by atoms with Crippen molar-refractivity contribution in [1.29, 1.82) is 0 Å². The number of benzene rings is 1. The van der Waals surface area contributed by atoms with Gasteiger partial charge >= 0.3 is 0 Å². The second-order valence-corrected chi connectivity index (χ2v) is 6.69. The number of aliphatic hydroxyl groups is 1. The maximum absolute atomic E-state index is 9.38. The molecule has 0 aliphatic carbocycles. The van der Waals surface area contributed by atoms with Crippen LogP contribution >= 0.6 is 11.3 Å². The fourth-order valence-corrected chi connectivity index (χ4v) is 3.23. The van der Waals surface area contributed by atoms with Crippen LogP contribution in [-0.4, -0.2) is 17.8 Å². The van der Waals surface area contributed by atoms with Crippen LogP contribution in [0.5, 0.6) is 0 Å². The number of thiophene rings is 1. The Hall–Kier alpha value is -1.16. The summed E-state index contributed by atoms with van der Waals surface area (Å²) in [5.74, 6) is 0.600. The van der Waals surface area contributed by atoms with Gasteiger partial charge in [0.2, 0.25) is 0 Å². The van der Waals surface area contributed by atoms with Crippen LogP contribution in [0.2, 0.25) is 0 Å². The molecule has 0 amide bonds. The van der Waals surface area contributed by atoms with E-state index in [2.05, 4.69) is 55.6 Å². The molecule has 2 aromatic rings. The minimum atomic E-state index is 0.192. The number of rotatable bonds is 7. The van der Waals surface area contributed by atoms with Gasteiger partial charge in [0.15, 0.2) is 0 Å². The SMILES string of the molecule is CC(C)CC(CO)NCc1ccc(-c2ccccc2)s1. The third kappa shape index (κ3) is 4.44. The lowest BCUT2D eigenvalue weighted by molar-refractivity contribution is 0.224. The predicted molar refractivity (Wildman–Crippen MR) is 86.9 cm³/mol. The fraction of sp³-hybridized carbons (Fsp3) is 0.412. The maximum atomic E-state index is 9.38. The Labute approximate surface area is 125 Å². The zero-order valence-electron chi connectivity index (χ0n) is 12.2. The summed E-state index contributed by atoms with van der Waals surface area (Å²) >= 11 is 1.81. The second-order valence-electron chi connectivity index (χ2n) is 5.52. The molecule has 1 aromatic heterocycles. The van der Waals surface area contributed by atoms with Gasteiger partial charge in [0.1, 0.15) is 0 Å². The van der Waals surface area contributed by atoms with Gasteiger partial charge in [-0.15, -0.1) is 11.3 Å². The zero-order chi connectivity index (χ0) is 14.4. The molecule has 0 saturated carbocycles. The van der Waals surface area contributed by atoms with Crippen LogP contribution in [0.15, 0.2) is 42.5 Å². The summed E-state index contributed by atoms with van der Waals surface area (Å²) in [6.07, 6.45) is 1.01. The summed E-state index contributed by atoms with van der Waals surface area (Å²) in [5.41, 5.74) is 1.27. The molecule has 2 nitrogen and oxygen atoms in total. The molecule has 0 aliphatic rings. The molecule has 0 fully saturated rings. The van der Waals surface area contributed by atoms with Crippen molar-refractivity contribution in [3.63, 3.8) is 0 Å². The van der Waals surface area contributed by atoms with Crippen LogP contribution in [0.1, 0.15) is 25.1 Å². The van der Waals surface area contributed by atoms with E-state index in [-0.39, 0.29) is 12.6 Å². The first-order valence-corrected chi connectivity index (χ1v) is 7.99. The molecule has 2 N–H and O–H groups in total. The third-order valence-corrected chi connectivity index (χ3v) is 4.40. The zero-order valence-corrected chi connectivity index (χ0v) is 13.0. The smallest absolute Gasteiger partial charge is 0.0584 e. The van der Waals surface area contributed by atoms with Crippen molar-refractivity contribution in [2.45, 2.75) is 32.9 Å². The summed E-state index contributed by atoms with van der Waals surface area (Å²) < 4.78 is 0. The van der Waals surface area contributed by atoms with Crippen LogP contribution in [0.3, 0.4) is 0 Å². The molecule has 2 rings (SSSR count). The maximum Gasteiger partial charge on any atom is 0.0584 e. The van der Waals surface area contributed by atoms with Crippen molar-refractivity contribution < 1.29 is 5.11 Å². The van der Waals surface area contributed by atoms with Crippen molar-refractivity contribution in [2.75, 3.05) is 6.61 Å². The van der Waals surface area contributed by atoms with Gasteiger partial charge in [0, 0.05) is 22.3 Å². The van der Waals surface area contributed by atoms with E-state index in [0.717, 1.165) is 13.0 Å². The standard InChI is InChI=1S/C17H23NOS/c1-13(2)10-15(12-19)18-11-16-8-9-17(20-16)14-6-4-3-5-7-14/h3-9,13,15,18-19H,10-12H2,1-2H3. The minimum absolute atomic E-state index is 0.192. The molecule has 1 heterocycles. The molecule has 108 valence electrons. The van der Waals surface area contributed by atoms with E-state index >= 15 is 0 Å². The van der Waals surface area contributed by atoms with Gasteiger partial charge in [0.25, 0.3) is 0 Å². The average molecular weight is 289 g/mol. The molecular formula is C17H23NOS. The Morgan fingerprint density at radius 3 is 2.50 bits per heavy atom. The van der Waals surface area contributed by atoms with E-state index in [9.17, 15) is 5.11 Å². The van der Waals surface area contributed by atoms with Crippen molar-refractivity contribution in [3.05, 3.63) is 47.3 Å². The lowest BCUT2D eigenvalue weighted by Crippen LogP contribution is -2.32. The fourth-order valence-electron chi connectivity index (χ4n) is 2.27. The van der Waals surface area contributed by atoms with Crippen molar-refractivity contribution >= 4 is 11.3 Å². The van der Waals surface area contributed by atoms with E-state index in [4.69, 9.17) is 0 Å². The van der Waals surface area contributed by atoms with Gasteiger partial charge in [-0.2, -0.15) is 0 Å². The number of aliphatic hydroxyl groups excluding tert-OH is 1. The summed E-state index contributed by atoms with van der Waals surface area (Å²) in [4.78, 5) is 2.61. The first-order valence-electron chi connectivity index (χ1n) is 7.17. The van der Waals surface area contributed by atoms with Gasteiger partial charge in [0.05, 0.1) is 6.61 Å². The molecule has 3 heteroatoms. The Bertz CT molecular complexity index is 507. The Morgan fingerprint density at radius 2 is 1.85 bits per heavy atom. The Morgan fingerprint density at radius 1 is 1.10 bits per heavy atom. The second kappa shape index (κ2) is 7.58. The number of hydrogen-bond donors (Lipinski definition) is 2. The molecule has 1 atom stereocenters. The quantitative estimate of drug-likeness (QED) is 0.810. The number of nitrogens with one attached hydrogen (secondary N) is 1. The first kappa shape index (κ1) is 15.2. The van der Waals surface area contributed by atoms with Gasteiger partial charge in [-0.05, 0) is 30.0 Å². The summed E-state index contributed by atoms with van der Waals surface area (Å²) in [6.45, 7) is 5.40. The van der Waals surface area contributed by atoms with Gasteiger partial charge < -0.3 is 10.4 Å². The van der Waals surface area contributed by atoms with Crippen molar-refractivity contribution in [3.8, 4) is 10.4 Å². The van der Waals surface area contributed by atoms with Gasteiger partial charge in [-0.3, -0.25) is 0 Å². The van der Waals surface area contributed by atoms with Crippen molar-refractivity contribution in [1.82, 2.24) is 5.32 Å². The van der Waals surface area contributed by atoms with E-state index in [1.54, 1.807) is 0 Å². The van der Waals surface area contributed by atoms with E-state index in [1.165, 1.54) is 15.3 Å². The highest BCUT2D eigenvalue weighted by molar-refractivity contribution is 7.15. The van der Waals surface area contributed by atoms with Crippen molar-refractivity contribution in [2.24, 2.45) is 5.92 Å². The van der Waals surface area contributed by atoms with E-state index < -0.39 is 0 Å². The molecule has 1 unspecified atom stereocenters. The minimum Gasteiger partial charge on any atom is -0.395 e. The van der Waals surface area contributed by atoms with Gasteiger partial charge in [-0.25, -0.2) is 0 Å². The molecular weight excluding hydrogens is 266 g/mol. The highest BCUT2D eigenvalue weighted by Crippen LogP contribution is 2.27. The molecule has 20 heavy (non-hydrogen) atoms. The average Bonchev–Trinajstić information content (AvgIpc) is 2.93. The molecule has 0 bridgehead atoms. The molecule has 1 aromatic carbocycles. The lowest BCUT2D eigenvalue weighted by atomic mass is 10.0. The van der Waals surface area contributed by atoms with Crippen LogP contribution in [-0.2, 0) is 6.54 Å². The van der Waals surface area contributed by atoms with Crippen LogP contribution in [0.4, 0.5) is 0 Å². The largest absolute Gasteiger partial charge is 0.395 e. The highest BCUT2D eigenvalue weighted by atomic mass is 32.1. The lowest BCUT2D eigenvalue weighted by Gasteiger charge is -2.17. The summed E-state index contributed by atoms with van der Waals surface area (Å²) in [6, 6.07) is 15.0. The van der Waals surface area contributed by atoms with Crippen LogP contribution < -0.4 is 5.32 Å². The van der Waals surface area contributed by atoms with Gasteiger partial charge in [-0.1, -0.05) is 44.2 Å². The Balaban J connectivity index is 1.93. The molecule has 0 radical (unpaired) electrons. The highest BCUT2D eigenvalue weighted by Gasteiger charge is 2.10. The van der Waals surface area contributed by atoms with Crippen LogP contribution in [0.25, 0.3) is 10.4 Å². The number of hydrogen-bond acceptors (Lipinski definition) is 3. The van der Waals surface area contributed by atoms with E-state index in [0.29, 0.717) is 5.92 Å². The topological polar surface area (TPSA) is 32.3 Å². The van der Waals surface area contributed by atoms with Crippen LogP contribution in [0, 0.1) is 5.92 Å².